The molecular weight excluding hydrogens is 338 g/mol. The number of H-pyrrole nitrogens is 1. The first-order valence-corrected chi connectivity index (χ1v) is 9.69. The van der Waals surface area contributed by atoms with Gasteiger partial charge in [-0.3, -0.25) is 5.43 Å². The minimum atomic E-state index is 0.116. The Balaban J connectivity index is 1.24. The first-order valence-electron chi connectivity index (χ1n) is 9.69. The van der Waals surface area contributed by atoms with Crippen molar-refractivity contribution in [3.63, 3.8) is 0 Å². The van der Waals surface area contributed by atoms with Crippen LogP contribution in [0.2, 0.25) is 0 Å². The number of benzene rings is 1. The molecule has 1 aliphatic heterocycles. The molecule has 1 aromatic carbocycles. The summed E-state index contributed by atoms with van der Waals surface area (Å²) >= 11 is 0. The number of aromatic nitrogens is 3. The number of hydrogen-bond acceptors (Lipinski definition) is 6. The van der Waals surface area contributed by atoms with Gasteiger partial charge in [-0.2, -0.15) is 4.98 Å². The van der Waals surface area contributed by atoms with Gasteiger partial charge < -0.3 is 15.6 Å². The van der Waals surface area contributed by atoms with Crippen LogP contribution < -0.4 is 21.5 Å². The molecule has 0 amide bonds. The van der Waals surface area contributed by atoms with Gasteiger partial charge in [0.05, 0.1) is 12.2 Å². The molecule has 3 aromatic rings. The Morgan fingerprint density at radius 2 is 2.07 bits per heavy atom. The summed E-state index contributed by atoms with van der Waals surface area (Å²) in [6, 6.07) is 11.1. The van der Waals surface area contributed by atoms with Gasteiger partial charge in [-0.25, -0.2) is 10.4 Å². The van der Waals surface area contributed by atoms with Gasteiger partial charge in [0.1, 0.15) is 5.82 Å². The van der Waals surface area contributed by atoms with E-state index in [1.54, 1.807) is 6.20 Å². The van der Waals surface area contributed by atoms with Crippen LogP contribution in [-0.4, -0.2) is 27.2 Å². The molecule has 0 spiro atoms. The molecular formula is C20H25N7. The zero-order valence-corrected chi connectivity index (χ0v) is 15.4. The average Bonchev–Trinajstić information content (AvgIpc) is 3.23. The van der Waals surface area contributed by atoms with Crippen molar-refractivity contribution in [2.24, 2.45) is 5.92 Å². The SMILES string of the molecule is C[C@H](Nc1nccc(NC2CC(C3CC3)NN2)n1)c1ccc2[nH]ccc2c1. The molecule has 7 heteroatoms. The fourth-order valence-electron chi connectivity index (χ4n) is 3.79. The molecule has 3 atom stereocenters. The van der Waals surface area contributed by atoms with E-state index in [2.05, 4.69) is 67.6 Å². The molecule has 140 valence electrons. The van der Waals surface area contributed by atoms with Gasteiger partial charge in [-0.1, -0.05) is 6.07 Å². The molecule has 1 saturated carbocycles. The van der Waals surface area contributed by atoms with Gasteiger partial charge in [-0.05, 0) is 67.3 Å². The van der Waals surface area contributed by atoms with Crippen molar-refractivity contribution in [3.8, 4) is 0 Å². The second-order valence-electron chi connectivity index (χ2n) is 7.62. The highest BCUT2D eigenvalue weighted by atomic mass is 15.5. The van der Waals surface area contributed by atoms with Crippen molar-refractivity contribution in [3.05, 3.63) is 48.3 Å². The highest BCUT2D eigenvalue weighted by Gasteiger charge is 2.36. The van der Waals surface area contributed by atoms with E-state index < -0.39 is 0 Å². The molecule has 2 fully saturated rings. The lowest BCUT2D eigenvalue weighted by molar-refractivity contribution is 0.502. The van der Waals surface area contributed by atoms with Crippen LogP contribution in [0.5, 0.6) is 0 Å². The second-order valence-corrected chi connectivity index (χ2v) is 7.62. The lowest BCUT2D eigenvalue weighted by atomic mass is 10.1. The number of aromatic amines is 1. The maximum absolute atomic E-state index is 4.63. The summed E-state index contributed by atoms with van der Waals surface area (Å²) in [7, 11) is 0. The van der Waals surface area contributed by atoms with Crippen LogP contribution in [0.25, 0.3) is 10.9 Å². The Labute approximate surface area is 158 Å². The van der Waals surface area contributed by atoms with Crippen molar-refractivity contribution in [1.82, 2.24) is 25.8 Å². The minimum absolute atomic E-state index is 0.116. The van der Waals surface area contributed by atoms with E-state index >= 15 is 0 Å². The van der Waals surface area contributed by atoms with E-state index in [9.17, 15) is 0 Å². The van der Waals surface area contributed by atoms with Crippen LogP contribution in [0.1, 0.15) is 37.8 Å². The van der Waals surface area contributed by atoms with E-state index in [-0.39, 0.29) is 12.2 Å². The highest BCUT2D eigenvalue weighted by molar-refractivity contribution is 5.80. The Kier molecular flexibility index (Phi) is 4.18. The van der Waals surface area contributed by atoms with Gasteiger partial charge in [0, 0.05) is 24.0 Å². The highest BCUT2D eigenvalue weighted by Crippen LogP contribution is 2.35. The van der Waals surface area contributed by atoms with Crippen LogP contribution in [0.15, 0.2) is 42.7 Å². The largest absolute Gasteiger partial charge is 0.361 e. The van der Waals surface area contributed by atoms with E-state index in [1.807, 2.05) is 12.3 Å². The third kappa shape index (κ3) is 3.61. The third-order valence-electron chi connectivity index (χ3n) is 5.52. The monoisotopic (exact) mass is 363 g/mol. The van der Waals surface area contributed by atoms with Crippen LogP contribution in [0.4, 0.5) is 11.8 Å². The molecule has 5 rings (SSSR count). The van der Waals surface area contributed by atoms with Gasteiger partial charge >= 0.3 is 0 Å². The molecule has 27 heavy (non-hydrogen) atoms. The Morgan fingerprint density at radius 1 is 1.15 bits per heavy atom. The van der Waals surface area contributed by atoms with Crippen LogP contribution in [0, 0.1) is 5.92 Å². The second kappa shape index (κ2) is 6.83. The van der Waals surface area contributed by atoms with Crippen molar-refractivity contribution in [1.29, 1.82) is 0 Å². The molecule has 0 radical (unpaired) electrons. The normalized spacial score (nSPS) is 23.4. The predicted molar refractivity (Wildman–Crippen MR) is 107 cm³/mol. The van der Waals surface area contributed by atoms with E-state index in [0.717, 1.165) is 23.7 Å². The number of anilines is 2. The van der Waals surface area contributed by atoms with Crippen molar-refractivity contribution in [2.75, 3.05) is 10.6 Å². The molecule has 5 N–H and O–H groups in total. The fourth-order valence-corrected chi connectivity index (χ4v) is 3.79. The molecule has 1 saturated heterocycles. The maximum Gasteiger partial charge on any atom is 0.225 e. The number of fused-ring (bicyclic) bond motifs is 1. The lowest BCUT2D eigenvalue weighted by Crippen LogP contribution is -2.37. The zero-order valence-electron chi connectivity index (χ0n) is 15.4. The predicted octanol–water partition coefficient (Wildman–Crippen LogP) is 3.15. The fraction of sp³-hybridized carbons (Fsp3) is 0.400. The van der Waals surface area contributed by atoms with E-state index in [0.29, 0.717) is 12.0 Å². The standard InChI is InChI=1S/C20H25N7/c1-12(14-4-5-16-15(10-14)6-8-21-16)23-20-22-9-7-18(25-20)24-19-11-17(26-27-19)13-2-3-13/h4-10,12-13,17,19,21,26-27H,2-3,11H2,1H3,(H2,22,23,24,25)/t12-,17?,19?/m0/s1. The van der Waals surface area contributed by atoms with Gasteiger partial charge in [0.15, 0.2) is 0 Å². The first kappa shape index (κ1) is 16.5. The smallest absolute Gasteiger partial charge is 0.225 e. The Morgan fingerprint density at radius 3 is 2.96 bits per heavy atom. The Hall–Kier alpha value is -2.64. The van der Waals surface area contributed by atoms with Gasteiger partial charge in [0.2, 0.25) is 5.95 Å². The molecule has 1 aliphatic carbocycles. The number of hydrazine groups is 1. The van der Waals surface area contributed by atoms with Gasteiger partial charge in [0.25, 0.3) is 0 Å². The van der Waals surface area contributed by atoms with Crippen LogP contribution in [0.3, 0.4) is 0 Å². The summed E-state index contributed by atoms with van der Waals surface area (Å²) in [5, 5.41) is 8.08. The summed E-state index contributed by atoms with van der Waals surface area (Å²) in [4.78, 5) is 12.2. The number of hydrogen-bond donors (Lipinski definition) is 5. The van der Waals surface area contributed by atoms with Crippen LogP contribution >= 0.6 is 0 Å². The molecule has 0 bridgehead atoms. The summed E-state index contributed by atoms with van der Waals surface area (Å²) in [5.41, 5.74) is 9.08. The number of nitrogens with zero attached hydrogens (tertiary/aromatic N) is 2. The molecule has 2 unspecified atom stereocenters. The average molecular weight is 363 g/mol. The van der Waals surface area contributed by atoms with E-state index in [4.69, 9.17) is 0 Å². The minimum Gasteiger partial charge on any atom is -0.361 e. The molecule has 2 aromatic heterocycles. The molecule has 3 heterocycles. The molecule has 2 aliphatic rings. The summed E-state index contributed by atoms with van der Waals surface area (Å²) in [6.07, 6.45) is 7.72. The zero-order chi connectivity index (χ0) is 18.2. The topological polar surface area (TPSA) is 89.7 Å². The lowest BCUT2D eigenvalue weighted by Gasteiger charge is -2.16. The molecule has 7 nitrogen and oxygen atoms in total. The van der Waals surface area contributed by atoms with Crippen molar-refractivity contribution < 1.29 is 0 Å². The number of rotatable bonds is 6. The van der Waals surface area contributed by atoms with Gasteiger partial charge in [-0.15, -0.1) is 0 Å². The summed E-state index contributed by atoms with van der Waals surface area (Å²) in [5.74, 6) is 2.30. The quantitative estimate of drug-likeness (QED) is 0.462. The number of nitrogens with one attached hydrogen (secondary N) is 5. The van der Waals surface area contributed by atoms with Crippen molar-refractivity contribution >= 4 is 22.7 Å². The van der Waals surface area contributed by atoms with E-state index in [1.165, 1.54) is 23.8 Å². The Bertz CT molecular complexity index is 933. The van der Waals surface area contributed by atoms with Crippen molar-refractivity contribution in [2.45, 2.75) is 44.4 Å². The maximum atomic E-state index is 4.63. The van der Waals surface area contributed by atoms with Crippen LogP contribution in [-0.2, 0) is 0 Å². The third-order valence-corrected chi connectivity index (χ3v) is 5.52. The first-order chi connectivity index (χ1) is 13.2. The summed E-state index contributed by atoms with van der Waals surface area (Å²) < 4.78 is 0. The summed E-state index contributed by atoms with van der Waals surface area (Å²) in [6.45, 7) is 2.12.